The minimum atomic E-state index is -0.692. The summed E-state index contributed by atoms with van der Waals surface area (Å²) in [5.74, 6) is -0.692. The molecular weight excluding hydrogens is 192 g/mol. The number of rotatable bonds is 6. The lowest BCUT2D eigenvalue weighted by Gasteiger charge is -2.31. The number of aromatic nitrogens is 1. The van der Waals surface area contributed by atoms with Gasteiger partial charge in [-0.3, -0.25) is 4.98 Å². The van der Waals surface area contributed by atoms with Crippen LogP contribution in [0.25, 0.3) is 0 Å². The molecule has 0 aromatic carbocycles. The molecule has 1 heterocycles. The molecule has 84 valence electrons. The lowest BCUT2D eigenvalue weighted by atomic mass is 10.0. The number of nitrogens with two attached hydrogens (primary N) is 1. The zero-order valence-corrected chi connectivity index (χ0v) is 9.27. The van der Waals surface area contributed by atoms with Crippen LogP contribution in [-0.4, -0.2) is 25.7 Å². The zero-order valence-electron chi connectivity index (χ0n) is 9.27. The van der Waals surface area contributed by atoms with Crippen LogP contribution in [-0.2, 0) is 15.3 Å². The third-order valence-corrected chi connectivity index (χ3v) is 2.49. The molecule has 0 unspecified atom stereocenters. The molecule has 15 heavy (non-hydrogen) atoms. The second-order valence-electron chi connectivity index (χ2n) is 3.29. The van der Waals surface area contributed by atoms with Crippen LogP contribution in [0.4, 0.5) is 0 Å². The quantitative estimate of drug-likeness (QED) is 0.718. The standard InChI is InChI=1S/C11H18N2O2/c1-14-11(15-2,6-3-7-12)10-4-8-13-9-5-10/h4-5,8-9H,3,6-7,12H2,1-2H3. The molecule has 0 radical (unpaired) electrons. The monoisotopic (exact) mass is 210 g/mol. The van der Waals surface area contributed by atoms with Gasteiger partial charge in [-0.05, 0) is 25.1 Å². The number of methoxy groups -OCH3 is 2. The number of hydrogen-bond acceptors (Lipinski definition) is 4. The Labute approximate surface area is 90.4 Å². The Balaban J connectivity index is 2.89. The molecule has 0 aliphatic rings. The van der Waals surface area contributed by atoms with Gasteiger partial charge in [-0.2, -0.15) is 0 Å². The van der Waals surface area contributed by atoms with E-state index in [9.17, 15) is 0 Å². The summed E-state index contributed by atoms with van der Waals surface area (Å²) in [6, 6.07) is 3.78. The van der Waals surface area contributed by atoms with Crippen molar-refractivity contribution in [3.8, 4) is 0 Å². The minimum absolute atomic E-state index is 0.625. The summed E-state index contributed by atoms with van der Waals surface area (Å²) in [4.78, 5) is 3.97. The molecule has 4 nitrogen and oxygen atoms in total. The van der Waals surface area contributed by atoms with E-state index in [2.05, 4.69) is 4.98 Å². The first-order chi connectivity index (χ1) is 7.29. The molecule has 4 heteroatoms. The van der Waals surface area contributed by atoms with E-state index < -0.39 is 5.79 Å². The van der Waals surface area contributed by atoms with Crippen molar-refractivity contribution in [2.24, 2.45) is 5.73 Å². The van der Waals surface area contributed by atoms with Crippen LogP contribution in [0.15, 0.2) is 24.5 Å². The molecule has 0 fully saturated rings. The van der Waals surface area contributed by atoms with Gasteiger partial charge in [0.2, 0.25) is 0 Å². The van der Waals surface area contributed by atoms with Crippen molar-refractivity contribution < 1.29 is 9.47 Å². The van der Waals surface area contributed by atoms with Crippen molar-refractivity contribution in [2.75, 3.05) is 20.8 Å². The molecule has 1 aromatic rings. The van der Waals surface area contributed by atoms with E-state index in [1.54, 1.807) is 26.6 Å². The highest BCUT2D eigenvalue weighted by molar-refractivity contribution is 5.16. The Morgan fingerprint density at radius 3 is 2.33 bits per heavy atom. The molecule has 0 spiro atoms. The highest BCUT2D eigenvalue weighted by atomic mass is 16.7. The predicted molar refractivity (Wildman–Crippen MR) is 58.2 cm³/mol. The summed E-state index contributed by atoms with van der Waals surface area (Å²) >= 11 is 0. The molecule has 1 rings (SSSR count). The first-order valence-electron chi connectivity index (χ1n) is 5.00. The third kappa shape index (κ3) is 2.75. The van der Waals surface area contributed by atoms with Crippen LogP contribution in [0, 0.1) is 0 Å². The van der Waals surface area contributed by atoms with E-state index >= 15 is 0 Å². The maximum absolute atomic E-state index is 5.50. The second kappa shape index (κ2) is 5.80. The molecule has 0 aliphatic heterocycles. The predicted octanol–water partition coefficient (Wildman–Crippen LogP) is 1.27. The smallest absolute Gasteiger partial charge is 0.194 e. The van der Waals surface area contributed by atoms with Gasteiger partial charge in [0.25, 0.3) is 0 Å². The van der Waals surface area contributed by atoms with Gasteiger partial charge in [0, 0.05) is 38.6 Å². The fraction of sp³-hybridized carbons (Fsp3) is 0.545. The van der Waals surface area contributed by atoms with Crippen molar-refractivity contribution in [1.29, 1.82) is 0 Å². The average molecular weight is 210 g/mol. The maximum Gasteiger partial charge on any atom is 0.194 e. The van der Waals surface area contributed by atoms with Crippen molar-refractivity contribution in [3.63, 3.8) is 0 Å². The summed E-state index contributed by atoms with van der Waals surface area (Å²) < 4.78 is 10.9. The first-order valence-corrected chi connectivity index (χ1v) is 5.00. The van der Waals surface area contributed by atoms with Crippen LogP contribution in [0.1, 0.15) is 18.4 Å². The molecule has 0 saturated carbocycles. The van der Waals surface area contributed by atoms with E-state index in [0.717, 1.165) is 18.4 Å². The first kappa shape index (κ1) is 12.1. The highest BCUT2D eigenvalue weighted by Crippen LogP contribution is 2.30. The molecule has 0 amide bonds. The number of nitrogens with zero attached hydrogens (tertiary/aromatic N) is 1. The van der Waals surface area contributed by atoms with Gasteiger partial charge < -0.3 is 15.2 Å². The Morgan fingerprint density at radius 2 is 1.87 bits per heavy atom. The van der Waals surface area contributed by atoms with Crippen molar-refractivity contribution >= 4 is 0 Å². The Hall–Kier alpha value is -0.970. The summed E-state index contributed by atoms with van der Waals surface area (Å²) in [5.41, 5.74) is 6.47. The fourth-order valence-electron chi connectivity index (χ4n) is 1.61. The Kier molecular flexibility index (Phi) is 4.68. The van der Waals surface area contributed by atoms with Gasteiger partial charge in [-0.25, -0.2) is 0 Å². The van der Waals surface area contributed by atoms with Gasteiger partial charge in [-0.15, -0.1) is 0 Å². The largest absolute Gasteiger partial charge is 0.349 e. The molecule has 2 N–H and O–H groups in total. The van der Waals surface area contributed by atoms with Crippen LogP contribution in [0.2, 0.25) is 0 Å². The van der Waals surface area contributed by atoms with Gasteiger partial charge in [-0.1, -0.05) is 0 Å². The lowest BCUT2D eigenvalue weighted by molar-refractivity contribution is -0.220. The van der Waals surface area contributed by atoms with E-state index in [1.165, 1.54) is 0 Å². The van der Waals surface area contributed by atoms with Gasteiger partial charge in [0.15, 0.2) is 5.79 Å². The Bertz CT molecular complexity index is 273. The van der Waals surface area contributed by atoms with Gasteiger partial charge >= 0.3 is 0 Å². The maximum atomic E-state index is 5.50. The summed E-state index contributed by atoms with van der Waals surface area (Å²) in [6.07, 6.45) is 5.04. The SMILES string of the molecule is COC(CCCN)(OC)c1ccncc1. The van der Waals surface area contributed by atoms with Gasteiger partial charge in [0.05, 0.1) is 0 Å². The number of hydrogen-bond donors (Lipinski definition) is 1. The van der Waals surface area contributed by atoms with Crippen LogP contribution in [0.3, 0.4) is 0 Å². The molecule has 0 aliphatic carbocycles. The number of ether oxygens (including phenoxy) is 2. The molecular formula is C11H18N2O2. The zero-order chi connectivity index (χ0) is 11.1. The Morgan fingerprint density at radius 1 is 1.27 bits per heavy atom. The second-order valence-corrected chi connectivity index (χ2v) is 3.29. The summed E-state index contributed by atoms with van der Waals surface area (Å²) in [5, 5.41) is 0. The van der Waals surface area contributed by atoms with E-state index in [1.807, 2.05) is 12.1 Å². The number of pyridine rings is 1. The molecule has 1 aromatic heterocycles. The molecule has 0 bridgehead atoms. The highest BCUT2D eigenvalue weighted by Gasteiger charge is 2.31. The van der Waals surface area contributed by atoms with Crippen molar-refractivity contribution in [1.82, 2.24) is 4.98 Å². The van der Waals surface area contributed by atoms with Crippen LogP contribution in [0.5, 0.6) is 0 Å². The van der Waals surface area contributed by atoms with Gasteiger partial charge in [0.1, 0.15) is 0 Å². The summed E-state index contributed by atoms with van der Waals surface area (Å²) in [7, 11) is 3.28. The normalized spacial score (nSPS) is 11.7. The van der Waals surface area contributed by atoms with E-state index in [-0.39, 0.29) is 0 Å². The van der Waals surface area contributed by atoms with Crippen molar-refractivity contribution in [2.45, 2.75) is 18.6 Å². The third-order valence-electron chi connectivity index (χ3n) is 2.49. The van der Waals surface area contributed by atoms with Crippen LogP contribution < -0.4 is 5.73 Å². The lowest BCUT2D eigenvalue weighted by Crippen LogP contribution is -2.31. The van der Waals surface area contributed by atoms with E-state index in [0.29, 0.717) is 6.54 Å². The average Bonchev–Trinajstić information content (AvgIpc) is 2.33. The van der Waals surface area contributed by atoms with E-state index in [4.69, 9.17) is 15.2 Å². The molecule has 0 atom stereocenters. The minimum Gasteiger partial charge on any atom is -0.349 e. The van der Waals surface area contributed by atoms with Crippen LogP contribution >= 0.6 is 0 Å². The topological polar surface area (TPSA) is 57.4 Å². The fourth-order valence-corrected chi connectivity index (χ4v) is 1.61. The summed E-state index contributed by atoms with van der Waals surface area (Å²) in [6.45, 7) is 0.625. The van der Waals surface area contributed by atoms with Crippen molar-refractivity contribution in [3.05, 3.63) is 30.1 Å². The molecule has 0 saturated heterocycles.